The summed E-state index contributed by atoms with van der Waals surface area (Å²) in [4.78, 5) is 4.23. The second-order valence-electron chi connectivity index (χ2n) is 2.83. The molecule has 0 bridgehead atoms. The summed E-state index contributed by atoms with van der Waals surface area (Å²) < 4.78 is 6.40. The Morgan fingerprint density at radius 1 is 1.33 bits per heavy atom. The van der Waals surface area contributed by atoms with E-state index in [9.17, 15) is 0 Å². The van der Waals surface area contributed by atoms with Gasteiger partial charge in [0.1, 0.15) is 12.4 Å². The van der Waals surface area contributed by atoms with Crippen LogP contribution in [0, 0.1) is 0 Å². The summed E-state index contributed by atoms with van der Waals surface area (Å²) in [5.74, 6) is 0.795. The van der Waals surface area contributed by atoms with Crippen LogP contribution in [-0.4, -0.2) is 4.98 Å². The van der Waals surface area contributed by atoms with E-state index in [1.807, 2.05) is 17.5 Å². The number of nitrogens with zero attached hydrogens (tertiary/aromatic N) is 1. The molecule has 0 spiro atoms. The first-order chi connectivity index (χ1) is 7.24. The molecule has 1 aromatic carbocycles. The van der Waals surface area contributed by atoms with Crippen LogP contribution >= 0.6 is 38.9 Å². The molecule has 2 nitrogen and oxygen atoms in total. The first-order valence-corrected chi connectivity index (χ1v) is 6.27. The second kappa shape index (κ2) is 4.96. The van der Waals surface area contributed by atoms with Gasteiger partial charge in [-0.2, -0.15) is 0 Å². The van der Waals surface area contributed by atoms with Gasteiger partial charge >= 0.3 is 0 Å². The summed E-state index contributed by atoms with van der Waals surface area (Å²) in [6, 6.07) is 7.27. The van der Waals surface area contributed by atoms with Gasteiger partial charge in [0.25, 0.3) is 0 Å². The van der Waals surface area contributed by atoms with Crippen molar-refractivity contribution in [3.05, 3.63) is 44.3 Å². The summed E-state index contributed by atoms with van der Waals surface area (Å²) in [5, 5.41) is 2.67. The Kier molecular flexibility index (Phi) is 3.61. The van der Waals surface area contributed by atoms with Crippen LogP contribution in [0.1, 0.15) is 5.69 Å². The number of hydrogen-bond donors (Lipinski definition) is 0. The second-order valence-corrected chi connectivity index (χ2v) is 5.40. The van der Waals surface area contributed by atoms with Crippen LogP contribution in [0.4, 0.5) is 0 Å². The number of hydrogen-bond acceptors (Lipinski definition) is 3. The number of aromatic nitrogens is 1. The van der Waals surface area contributed by atoms with Crippen molar-refractivity contribution in [3.8, 4) is 5.75 Å². The topological polar surface area (TPSA) is 22.1 Å². The molecule has 1 heterocycles. The van der Waals surface area contributed by atoms with Crippen molar-refractivity contribution in [3.63, 3.8) is 0 Å². The summed E-state index contributed by atoms with van der Waals surface area (Å²) >= 11 is 10.6. The zero-order valence-electron chi connectivity index (χ0n) is 7.61. The molecule has 0 unspecified atom stereocenters. The van der Waals surface area contributed by atoms with Crippen LogP contribution in [-0.2, 0) is 6.61 Å². The lowest BCUT2D eigenvalue weighted by atomic mass is 10.3. The van der Waals surface area contributed by atoms with Crippen molar-refractivity contribution >= 4 is 38.9 Å². The smallest absolute Gasteiger partial charge is 0.159 e. The third-order valence-electron chi connectivity index (χ3n) is 1.72. The maximum absolute atomic E-state index is 5.76. The summed E-state index contributed by atoms with van der Waals surface area (Å²) in [6.45, 7) is 0.476. The first-order valence-electron chi connectivity index (χ1n) is 4.22. The fraction of sp³-hybridized carbons (Fsp3) is 0.100. The van der Waals surface area contributed by atoms with E-state index in [4.69, 9.17) is 16.3 Å². The zero-order valence-corrected chi connectivity index (χ0v) is 10.8. The average Bonchev–Trinajstić information content (AvgIpc) is 2.64. The SMILES string of the molecule is Clc1ccc(OCc2csc(Br)n2)cc1. The molecule has 5 heteroatoms. The molecule has 0 atom stereocenters. The Morgan fingerprint density at radius 3 is 2.67 bits per heavy atom. The van der Waals surface area contributed by atoms with Gasteiger partial charge in [-0.15, -0.1) is 11.3 Å². The van der Waals surface area contributed by atoms with Crippen LogP contribution < -0.4 is 4.74 Å². The van der Waals surface area contributed by atoms with E-state index in [0.29, 0.717) is 11.6 Å². The van der Waals surface area contributed by atoms with Crippen LogP contribution in [0.2, 0.25) is 5.02 Å². The molecule has 0 fully saturated rings. The van der Waals surface area contributed by atoms with E-state index in [1.165, 1.54) is 0 Å². The number of thiazole rings is 1. The average molecular weight is 305 g/mol. The number of benzene rings is 1. The Morgan fingerprint density at radius 2 is 2.07 bits per heavy atom. The molecule has 0 saturated carbocycles. The molecule has 78 valence electrons. The van der Waals surface area contributed by atoms with Gasteiger partial charge < -0.3 is 4.74 Å². The lowest BCUT2D eigenvalue weighted by molar-refractivity contribution is 0.302. The van der Waals surface area contributed by atoms with Crippen molar-refractivity contribution in [1.29, 1.82) is 0 Å². The number of ether oxygens (including phenoxy) is 1. The molecule has 15 heavy (non-hydrogen) atoms. The highest BCUT2D eigenvalue weighted by Crippen LogP contribution is 2.19. The molecule has 1 aromatic heterocycles. The van der Waals surface area contributed by atoms with E-state index in [0.717, 1.165) is 15.4 Å². The van der Waals surface area contributed by atoms with Gasteiger partial charge in [-0.25, -0.2) is 4.98 Å². The van der Waals surface area contributed by atoms with Crippen LogP contribution in [0.25, 0.3) is 0 Å². The Bertz CT molecular complexity index is 443. The molecule has 0 aliphatic heterocycles. The van der Waals surface area contributed by atoms with Crippen molar-refractivity contribution in [1.82, 2.24) is 4.98 Å². The molecular formula is C10H7BrClNOS. The van der Waals surface area contributed by atoms with Crippen molar-refractivity contribution in [2.24, 2.45) is 0 Å². The highest BCUT2D eigenvalue weighted by molar-refractivity contribution is 9.11. The van der Waals surface area contributed by atoms with E-state index < -0.39 is 0 Å². The van der Waals surface area contributed by atoms with Crippen LogP contribution in [0.5, 0.6) is 5.75 Å². The van der Waals surface area contributed by atoms with Crippen molar-refractivity contribution < 1.29 is 4.74 Å². The molecule has 0 aliphatic rings. The van der Waals surface area contributed by atoms with Gasteiger partial charge in [0, 0.05) is 10.4 Å². The summed E-state index contributed by atoms with van der Waals surface area (Å²) in [6.07, 6.45) is 0. The maximum Gasteiger partial charge on any atom is 0.159 e. The van der Waals surface area contributed by atoms with E-state index >= 15 is 0 Å². The summed E-state index contributed by atoms with van der Waals surface area (Å²) in [5.41, 5.74) is 0.918. The largest absolute Gasteiger partial charge is 0.487 e. The van der Waals surface area contributed by atoms with Gasteiger partial charge in [0.15, 0.2) is 3.92 Å². The molecule has 2 rings (SSSR count). The normalized spacial score (nSPS) is 10.3. The fourth-order valence-electron chi connectivity index (χ4n) is 1.04. The predicted molar refractivity (Wildman–Crippen MR) is 65.6 cm³/mol. The predicted octanol–water partition coefficient (Wildman–Crippen LogP) is 4.14. The van der Waals surface area contributed by atoms with Crippen LogP contribution in [0.15, 0.2) is 33.6 Å². The summed E-state index contributed by atoms with van der Waals surface area (Å²) in [7, 11) is 0. The van der Waals surface area contributed by atoms with Gasteiger partial charge in [0.05, 0.1) is 5.69 Å². The lowest BCUT2D eigenvalue weighted by Gasteiger charge is -2.03. The minimum absolute atomic E-state index is 0.476. The zero-order chi connectivity index (χ0) is 10.7. The van der Waals surface area contributed by atoms with E-state index in [1.54, 1.807) is 23.5 Å². The quantitative estimate of drug-likeness (QED) is 0.850. The third kappa shape index (κ3) is 3.19. The molecule has 2 aromatic rings. The molecule has 0 N–H and O–H groups in total. The van der Waals surface area contributed by atoms with Crippen LogP contribution in [0.3, 0.4) is 0 Å². The maximum atomic E-state index is 5.76. The molecular weight excluding hydrogens is 298 g/mol. The Labute approximate surface area is 105 Å². The molecule has 0 radical (unpaired) electrons. The standard InChI is InChI=1S/C10H7BrClNOS/c11-10-13-8(6-15-10)5-14-9-3-1-7(12)2-4-9/h1-4,6H,5H2. The molecule has 0 amide bonds. The van der Waals surface area contributed by atoms with E-state index in [-0.39, 0.29) is 0 Å². The van der Waals surface area contributed by atoms with Crippen molar-refractivity contribution in [2.45, 2.75) is 6.61 Å². The minimum atomic E-state index is 0.476. The van der Waals surface area contributed by atoms with Gasteiger partial charge in [-0.3, -0.25) is 0 Å². The highest BCUT2D eigenvalue weighted by atomic mass is 79.9. The van der Waals surface area contributed by atoms with E-state index in [2.05, 4.69) is 20.9 Å². The van der Waals surface area contributed by atoms with Gasteiger partial charge in [0.2, 0.25) is 0 Å². The lowest BCUT2D eigenvalue weighted by Crippen LogP contribution is -1.94. The fourth-order valence-corrected chi connectivity index (χ4v) is 2.19. The Hall–Kier alpha value is -0.580. The van der Waals surface area contributed by atoms with Gasteiger partial charge in [-0.05, 0) is 40.2 Å². The van der Waals surface area contributed by atoms with Gasteiger partial charge in [-0.1, -0.05) is 11.6 Å². The Balaban J connectivity index is 1.96. The number of rotatable bonds is 3. The highest BCUT2D eigenvalue weighted by Gasteiger charge is 2.00. The minimum Gasteiger partial charge on any atom is -0.487 e. The first kappa shape index (κ1) is 10.9. The monoisotopic (exact) mass is 303 g/mol. The van der Waals surface area contributed by atoms with Crippen molar-refractivity contribution in [2.75, 3.05) is 0 Å². The third-order valence-corrected chi connectivity index (χ3v) is 3.39. The molecule has 0 aliphatic carbocycles. The number of halogens is 2. The molecule has 0 saturated heterocycles.